The van der Waals surface area contributed by atoms with Crippen LogP contribution in [0.1, 0.15) is 151 Å². The molecule has 0 amide bonds. The summed E-state index contributed by atoms with van der Waals surface area (Å²) >= 11 is -7.04. The van der Waals surface area contributed by atoms with Gasteiger partial charge in [0, 0.05) is 0 Å². The maximum absolute atomic E-state index is 14.8. The van der Waals surface area contributed by atoms with E-state index in [1.165, 1.54) is 39.7 Å². The Morgan fingerprint density at radius 3 is 1.09 bits per heavy atom. The Morgan fingerprint density at radius 1 is 0.456 bits per heavy atom. The number of unbranched alkanes of at least 4 members (excludes halogenated alkanes) is 6. The summed E-state index contributed by atoms with van der Waals surface area (Å²) < 4.78 is 9.85. The number of carboxylic acid groups (broad SMARTS) is 1. The summed E-state index contributed by atoms with van der Waals surface area (Å²) in [5.41, 5.74) is -1.99. The summed E-state index contributed by atoms with van der Waals surface area (Å²) in [6.45, 7) is 13.8. The van der Waals surface area contributed by atoms with Gasteiger partial charge in [-0.05, 0) is 0 Å². The number of rotatable bonds is 26. The van der Waals surface area contributed by atoms with Crippen molar-refractivity contribution in [2.45, 2.75) is 156 Å². The summed E-state index contributed by atoms with van der Waals surface area (Å²) in [6, 6.07) is 32.7. The predicted molar refractivity (Wildman–Crippen MR) is 248 cm³/mol. The van der Waals surface area contributed by atoms with Gasteiger partial charge in [0.25, 0.3) is 0 Å². The second-order valence-corrected chi connectivity index (χ2v) is 43.1. The Labute approximate surface area is 354 Å². The van der Waals surface area contributed by atoms with E-state index in [9.17, 15) is 20.1 Å². The fourth-order valence-corrected chi connectivity index (χ4v) is 53.6. The van der Waals surface area contributed by atoms with Crippen LogP contribution in [-0.4, -0.2) is 58.0 Å². The van der Waals surface area contributed by atoms with Gasteiger partial charge in [-0.25, -0.2) is 0 Å². The molecule has 0 aliphatic heterocycles. The van der Waals surface area contributed by atoms with Gasteiger partial charge in [-0.2, -0.15) is 0 Å². The summed E-state index contributed by atoms with van der Waals surface area (Å²) in [7, 11) is 0. The Morgan fingerprint density at radius 2 is 0.772 bits per heavy atom. The number of aromatic carboxylic acids is 1. The average molecular weight is 989 g/mol. The van der Waals surface area contributed by atoms with Crippen molar-refractivity contribution in [2.75, 3.05) is 0 Å². The molecular formula is C51H74O4Sn2. The molecule has 310 valence electrons. The minimum absolute atomic E-state index is 0.328. The van der Waals surface area contributed by atoms with Crippen LogP contribution in [0.5, 0.6) is 0 Å². The third-order valence-corrected chi connectivity index (χ3v) is 46.5. The third-order valence-electron chi connectivity index (χ3n) is 13.1. The normalized spacial score (nSPS) is 13.4. The van der Waals surface area contributed by atoms with Gasteiger partial charge in [0.2, 0.25) is 0 Å². The van der Waals surface area contributed by atoms with Crippen LogP contribution >= 0.6 is 0 Å². The summed E-state index contributed by atoms with van der Waals surface area (Å²) in [5, 5.41) is 40.0. The molecule has 1 unspecified atom stereocenters. The van der Waals surface area contributed by atoms with E-state index in [0.29, 0.717) is 27.8 Å². The van der Waals surface area contributed by atoms with Crippen molar-refractivity contribution < 1.29 is 20.1 Å². The molecule has 0 fully saturated rings. The Bertz CT molecular complexity index is 1690. The Hall–Kier alpha value is -2.13. The first-order valence-corrected chi connectivity index (χ1v) is 37.6. The molecule has 4 rings (SSSR count). The van der Waals surface area contributed by atoms with Gasteiger partial charge >= 0.3 is 357 Å². The van der Waals surface area contributed by atoms with Gasteiger partial charge in [0.15, 0.2) is 0 Å². The molecule has 0 spiro atoms. The molecule has 0 aliphatic rings. The van der Waals surface area contributed by atoms with Crippen LogP contribution in [0.25, 0.3) is 0 Å². The van der Waals surface area contributed by atoms with E-state index < -0.39 is 53.9 Å². The standard InChI is InChI=1S/C27H20O4.6C4H9.2Sn/c28-25(29)23-18-10-11-19-24(23)27(31,22-16-8-3-9-17-22)26(30,20-12-4-1-5-13-20)21-14-6-2-7-15-21;6*1-3-4-2;;/h1-9,11-17,19,30-31H,(H,28,29);6*1,3-4H2,2H3;;. The van der Waals surface area contributed by atoms with E-state index in [4.69, 9.17) is 0 Å². The van der Waals surface area contributed by atoms with Crippen LogP contribution in [0, 0.1) is 0 Å². The van der Waals surface area contributed by atoms with E-state index in [-0.39, 0.29) is 0 Å². The van der Waals surface area contributed by atoms with Gasteiger partial charge in [-0.15, -0.1) is 0 Å². The fourth-order valence-electron chi connectivity index (χ4n) is 9.92. The van der Waals surface area contributed by atoms with E-state index in [1.807, 2.05) is 97.1 Å². The molecule has 0 radical (unpaired) electrons. The van der Waals surface area contributed by atoms with Crippen molar-refractivity contribution >= 4 is 49.9 Å². The van der Waals surface area contributed by atoms with E-state index in [2.05, 4.69) is 47.6 Å². The van der Waals surface area contributed by atoms with Crippen molar-refractivity contribution in [2.24, 2.45) is 0 Å². The molecule has 4 aromatic carbocycles. The molecular weight excluding hydrogens is 914 g/mol. The fraction of sp³-hybridized carbons (Fsp3) is 0.510. The second kappa shape index (κ2) is 23.0. The number of carboxylic acids is 1. The molecule has 0 aromatic heterocycles. The van der Waals surface area contributed by atoms with Gasteiger partial charge in [0.05, 0.1) is 0 Å². The van der Waals surface area contributed by atoms with Crippen LogP contribution in [0.4, 0.5) is 0 Å². The zero-order valence-electron chi connectivity index (χ0n) is 36.3. The molecule has 0 aliphatic carbocycles. The molecule has 57 heavy (non-hydrogen) atoms. The zero-order chi connectivity index (χ0) is 41.4. The first-order chi connectivity index (χ1) is 27.6. The number of aliphatic hydroxyl groups is 2. The number of carbonyl (C=O) groups is 1. The molecule has 1 atom stereocenters. The zero-order valence-corrected chi connectivity index (χ0v) is 42.0. The predicted octanol–water partition coefficient (Wildman–Crippen LogP) is 12.7. The molecule has 0 saturated carbocycles. The van der Waals surface area contributed by atoms with Crippen LogP contribution in [0.2, 0.25) is 26.6 Å². The van der Waals surface area contributed by atoms with Crippen molar-refractivity contribution in [1.82, 2.24) is 0 Å². The maximum atomic E-state index is 14.8. The second-order valence-electron chi connectivity index (χ2n) is 16.9. The number of benzene rings is 4. The van der Waals surface area contributed by atoms with Gasteiger partial charge < -0.3 is 0 Å². The van der Waals surface area contributed by atoms with E-state index in [1.54, 1.807) is 0 Å². The monoisotopic (exact) mass is 990 g/mol. The quantitative estimate of drug-likeness (QED) is 0.0548. The molecule has 0 saturated heterocycles. The SMILES string of the molecule is CCC[CH2][Sn]([CH2]CCC)([CH2]CCC)[c]1ccc(C(O)(c2ccccc2)C(O)(c2ccccc2)c2ccccc2)c(C(=O)O)[c]1[Sn]([CH2]CCC)([CH2]CCC)[CH2]CCC. The molecule has 3 N–H and O–H groups in total. The van der Waals surface area contributed by atoms with Gasteiger partial charge in [-0.3, -0.25) is 0 Å². The van der Waals surface area contributed by atoms with Crippen LogP contribution < -0.4 is 7.16 Å². The summed E-state index contributed by atoms with van der Waals surface area (Å²) in [6.07, 6.45) is 13.5. The average Bonchev–Trinajstić information content (AvgIpc) is 3.26. The summed E-state index contributed by atoms with van der Waals surface area (Å²) in [5.74, 6) is -0.952. The molecule has 6 heteroatoms. The topological polar surface area (TPSA) is 77.8 Å². The van der Waals surface area contributed by atoms with Crippen LogP contribution in [0.15, 0.2) is 103 Å². The minimum atomic E-state index is -3.69. The van der Waals surface area contributed by atoms with Crippen LogP contribution in [-0.2, 0) is 11.2 Å². The van der Waals surface area contributed by atoms with E-state index in [0.717, 1.165) is 71.1 Å². The van der Waals surface area contributed by atoms with E-state index >= 15 is 0 Å². The summed E-state index contributed by atoms with van der Waals surface area (Å²) in [4.78, 5) is 14.8. The first kappa shape index (κ1) is 47.5. The molecule has 0 heterocycles. The third kappa shape index (κ3) is 10.4. The molecule has 4 nitrogen and oxygen atoms in total. The van der Waals surface area contributed by atoms with Crippen molar-refractivity contribution in [3.63, 3.8) is 0 Å². The first-order valence-electron chi connectivity index (χ1n) is 22.6. The molecule has 4 aromatic rings. The number of hydrogen-bond acceptors (Lipinski definition) is 3. The van der Waals surface area contributed by atoms with Gasteiger partial charge in [-0.1, -0.05) is 0 Å². The van der Waals surface area contributed by atoms with Gasteiger partial charge in [0.1, 0.15) is 0 Å². The number of hydrogen-bond donors (Lipinski definition) is 3. The van der Waals surface area contributed by atoms with Crippen molar-refractivity contribution in [3.05, 3.63) is 131 Å². The van der Waals surface area contributed by atoms with Crippen LogP contribution in [0.3, 0.4) is 0 Å². The molecule has 0 bridgehead atoms. The van der Waals surface area contributed by atoms with Crippen molar-refractivity contribution in [1.29, 1.82) is 0 Å². The van der Waals surface area contributed by atoms with Crippen molar-refractivity contribution in [3.8, 4) is 0 Å². The Kier molecular flexibility index (Phi) is 19.2. The Balaban J connectivity index is 2.37.